The van der Waals surface area contributed by atoms with Crippen molar-refractivity contribution < 1.29 is 37.8 Å². The van der Waals surface area contributed by atoms with E-state index in [1.54, 1.807) is 26.4 Å². The molecule has 0 spiro atoms. The van der Waals surface area contributed by atoms with Crippen LogP contribution in [-0.4, -0.2) is 49.9 Å². The normalized spacial score (nSPS) is 41.1. The summed E-state index contributed by atoms with van der Waals surface area (Å²) in [5, 5.41) is 0. The zero-order valence-corrected chi connectivity index (χ0v) is 21.5. The third-order valence-electron chi connectivity index (χ3n) is 9.62. The Balaban J connectivity index is 1.74. The quantitative estimate of drug-likeness (QED) is 0.460. The molecule has 0 aromatic carbocycles. The number of esters is 2. The van der Waals surface area contributed by atoms with Crippen molar-refractivity contribution in [3.63, 3.8) is 0 Å². The Labute approximate surface area is 210 Å². The third-order valence-corrected chi connectivity index (χ3v) is 9.62. The smallest absolute Gasteiger partial charge is 0.316 e. The van der Waals surface area contributed by atoms with E-state index in [-0.39, 0.29) is 30.0 Å². The van der Waals surface area contributed by atoms with Gasteiger partial charge in [-0.25, -0.2) is 0 Å². The van der Waals surface area contributed by atoms with Crippen LogP contribution in [0.2, 0.25) is 0 Å². The van der Waals surface area contributed by atoms with Crippen molar-refractivity contribution in [2.75, 3.05) is 14.2 Å². The maximum atomic E-state index is 14.3. The van der Waals surface area contributed by atoms with Gasteiger partial charge in [0.2, 0.25) is 0 Å². The molecule has 0 unspecified atom stereocenters. The van der Waals surface area contributed by atoms with Crippen LogP contribution in [0.5, 0.6) is 0 Å². The molecule has 4 aliphatic rings. The van der Waals surface area contributed by atoms with Crippen LogP contribution in [0.15, 0.2) is 46.3 Å². The van der Waals surface area contributed by atoms with Gasteiger partial charge in [-0.1, -0.05) is 25.5 Å². The van der Waals surface area contributed by atoms with Crippen LogP contribution in [0.4, 0.5) is 0 Å². The summed E-state index contributed by atoms with van der Waals surface area (Å²) in [5.41, 5.74) is -0.638. The number of hydrogen-bond donors (Lipinski definition) is 0. The highest BCUT2D eigenvalue weighted by Gasteiger charge is 2.74. The molecule has 8 heteroatoms. The second-order valence-electron chi connectivity index (χ2n) is 11.2. The average molecular weight is 497 g/mol. The van der Waals surface area contributed by atoms with E-state index in [1.165, 1.54) is 26.4 Å². The largest absolute Gasteiger partial charge is 0.472 e. The first-order valence-corrected chi connectivity index (χ1v) is 12.3. The number of ether oxygens (including phenoxy) is 3. The number of allylic oxidation sites excluding steroid dienone is 2. The van der Waals surface area contributed by atoms with Gasteiger partial charge in [-0.2, -0.15) is 0 Å². The predicted molar refractivity (Wildman–Crippen MR) is 127 cm³/mol. The van der Waals surface area contributed by atoms with Crippen molar-refractivity contribution >= 4 is 23.5 Å². The zero-order valence-electron chi connectivity index (χ0n) is 21.5. The molecular formula is C28H32O8. The van der Waals surface area contributed by atoms with E-state index in [1.807, 2.05) is 19.9 Å². The van der Waals surface area contributed by atoms with Crippen LogP contribution in [0.1, 0.15) is 52.0 Å². The van der Waals surface area contributed by atoms with Crippen LogP contribution in [0, 0.1) is 28.1 Å². The van der Waals surface area contributed by atoms with E-state index in [4.69, 9.17) is 18.6 Å². The van der Waals surface area contributed by atoms with Crippen molar-refractivity contribution in [2.45, 2.75) is 58.7 Å². The van der Waals surface area contributed by atoms with Crippen LogP contribution in [0.25, 0.3) is 0 Å². The van der Waals surface area contributed by atoms with Crippen LogP contribution in [-0.2, 0) is 33.4 Å². The van der Waals surface area contributed by atoms with Gasteiger partial charge in [0, 0.05) is 16.7 Å². The lowest BCUT2D eigenvalue weighted by Gasteiger charge is -2.58. The number of carbonyl (C=O) groups is 4. The lowest BCUT2D eigenvalue weighted by atomic mass is 9.41. The highest BCUT2D eigenvalue weighted by atomic mass is 16.5. The second-order valence-corrected chi connectivity index (χ2v) is 11.2. The molecule has 2 fully saturated rings. The lowest BCUT2D eigenvalue weighted by molar-refractivity contribution is -0.187. The Morgan fingerprint density at radius 1 is 1.11 bits per heavy atom. The van der Waals surface area contributed by atoms with Gasteiger partial charge < -0.3 is 18.6 Å². The molecular weight excluding hydrogens is 464 g/mol. The Bertz CT molecular complexity index is 1210. The minimum atomic E-state index is -1.38. The number of methoxy groups -OCH3 is 2. The second kappa shape index (κ2) is 8.00. The Morgan fingerprint density at radius 2 is 1.83 bits per heavy atom. The van der Waals surface area contributed by atoms with Crippen molar-refractivity contribution in [1.82, 2.24) is 0 Å². The van der Waals surface area contributed by atoms with Crippen molar-refractivity contribution in [2.24, 2.45) is 28.1 Å². The summed E-state index contributed by atoms with van der Waals surface area (Å²) >= 11 is 0. The summed E-state index contributed by atoms with van der Waals surface area (Å²) in [5.74, 6) is -3.34. The maximum absolute atomic E-state index is 14.3. The fraction of sp³-hybridized carbons (Fsp3) is 0.571. The van der Waals surface area contributed by atoms with Gasteiger partial charge in [0.25, 0.3) is 0 Å². The Kier molecular flexibility index (Phi) is 5.49. The monoisotopic (exact) mass is 496 g/mol. The summed E-state index contributed by atoms with van der Waals surface area (Å²) in [6.07, 6.45) is 5.46. The minimum Gasteiger partial charge on any atom is -0.472 e. The van der Waals surface area contributed by atoms with E-state index in [9.17, 15) is 19.2 Å². The summed E-state index contributed by atoms with van der Waals surface area (Å²) < 4.78 is 22.0. The summed E-state index contributed by atoms with van der Waals surface area (Å²) in [4.78, 5) is 53.9. The van der Waals surface area contributed by atoms with E-state index in [0.29, 0.717) is 6.42 Å². The number of ketones is 2. The number of hydrogen-bond acceptors (Lipinski definition) is 8. The van der Waals surface area contributed by atoms with E-state index >= 15 is 0 Å². The van der Waals surface area contributed by atoms with E-state index in [2.05, 4.69) is 0 Å². The van der Waals surface area contributed by atoms with Gasteiger partial charge in [0.1, 0.15) is 6.10 Å². The van der Waals surface area contributed by atoms with Gasteiger partial charge in [0.05, 0.1) is 50.6 Å². The van der Waals surface area contributed by atoms with E-state index < -0.39 is 46.1 Å². The number of Topliss-reactive ketones (excluding diaryl/α,β-unsaturated/α-hetero) is 1. The van der Waals surface area contributed by atoms with Crippen LogP contribution >= 0.6 is 0 Å². The molecule has 36 heavy (non-hydrogen) atoms. The molecule has 3 aliphatic carbocycles. The molecule has 0 bridgehead atoms. The molecule has 192 valence electrons. The zero-order chi connectivity index (χ0) is 26.2. The van der Waals surface area contributed by atoms with E-state index in [0.717, 1.165) is 16.7 Å². The number of furan rings is 1. The number of fused-ring (bicyclic) bond motifs is 4. The maximum Gasteiger partial charge on any atom is 0.316 e. The minimum absolute atomic E-state index is 0.0446. The van der Waals surface area contributed by atoms with Crippen molar-refractivity contribution in [1.29, 1.82) is 0 Å². The van der Waals surface area contributed by atoms with Crippen molar-refractivity contribution in [3.8, 4) is 0 Å². The molecule has 0 radical (unpaired) electrons. The standard InChI is InChI=1S/C28H32O8/c1-14-16(15-8-10-35-13-15)11-17-21(14)28(4)18(12-20(30)33-5)27(3)19(29)7-9-26(2,25(32)34-6)23(27)22(31)24(28)36-17/h7-10,13,16-18,23-24H,11-12H2,1-6H3/t16-,17-,18-,23+,24-,26-,27+,28-/m1/s1. The van der Waals surface area contributed by atoms with Gasteiger partial charge in [0.15, 0.2) is 11.6 Å². The van der Waals surface area contributed by atoms with Gasteiger partial charge in [-0.05, 0) is 49.5 Å². The molecule has 0 N–H and O–H groups in total. The van der Waals surface area contributed by atoms with Crippen LogP contribution in [0.3, 0.4) is 0 Å². The van der Waals surface area contributed by atoms with Crippen LogP contribution < -0.4 is 0 Å². The molecule has 8 atom stereocenters. The van der Waals surface area contributed by atoms with Gasteiger partial charge in [-0.15, -0.1) is 0 Å². The fourth-order valence-electron chi connectivity index (χ4n) is 7.99. The molecule has 5 rings (SSSR count). The summed E-state index contributed by atoms with van der Waals surface area (Å²) in [6, 6.07) is 1.92. The SMILES string of the molecule is COC(=O)C[C@H]1[C@]2(C)C3=C(C)[C@H](c4ccoc4)C[C@H]3O[C@@H]2C(=O)[C@@H]2[C@]1(C)C(=O)C=C[C@@]2(C)C(=O)OC. The number of rotatable bonds is 4. The molecule has 2 heterocycles. The molecule has 1 aromatic heterocycles. The highest BCUT2D eigenvalue weighted by molar-refractivity contribution is 6.07. The number of carbonyl (C=O) groups excluding carboxylic acids is 4. The first kappa shape index (κ1) is 24.7. The average Bonchev–Trinajstić information content (AvgIpc) is 3.56. The molecule has 0 amide bonds. The molecule has 1 saturated heterocycles. The molecule has 1 saturated carbocycles. The van der Waals surface area contributed by atoms with Crippen molar-refractivity contribution in [3.05, 3.63) is 47.5 Å². The Hall–Kier alpha value is -3.00. The summed E-state index contributed by atoms with van der Waals surface area (Å²) in [7, 11) is 2.57. The lowest BCUT2D eigenvalue weighted by Crippen LogP contribution is -2.67. The Morgan fingerprint density at radius 3 is 2.44 bits per heavy atom. The third kappa shape index (κ3) is 2.91. The first-order chi connectivity index (χ1) is 17.0. The predicted octanol–water partition coefficient (Wildman–Crippen LogP) is 3.56. The van der Waals surface area contributed by atoms with Gasteiger partial charge in [-0.3, -0.25) is 19.2 Å². The molecule has 1 aliphatic heterocycles. The topological polar surface area (TPSA) is 109 Å². The first-order valence-electron chi connectivity index (χ1n) is 12.3. The molecule has 1 aromatic rings. The molecule has 8 nitrogen and oxygen atoms in total. The van der Waals surface area contributed by atoms with Gasteiger partial charge >= 0.3 is 11.9 Å². The summed E-state index contributed by atoms with van der Waals surface area (Å²) in [6.45, 7) is 7.29. The fourth-order valence-corrected chi connectivity index (χ4v) is 7.99. The highest BCUT2D eigenvalue weighted by Crippen LogP contribution is 2.69.